The summed E-state index contributed by atoms with van der Waals surface area (Å²) in [5.41, 5.74) is 0. The molecule has 0 bridgehead atoms. The summed E-state index contributed by atoms with van der Waals surface area (Å²) in [6.07, 6.45) is -6.44. The molecule has 112 valence electrons. The van der Waals surface area contributed by atoms with E-state index in [-0.39, 0.29) is 0 Å². The molecule has 1 aliphatic rings. The third-order valence-corrected chi connectivity index (χ3v) is 3.16. The molecule has 0 spiro atoms. The van der Waals surface area contributed by atoms with Gasteiger partial charge in [0.2, 0.25) is 6.29 Å². The molecule has 1 aromatic carbocycles. The number of aliphatic hydroxyl groups is 4. The summed E-state index contributed by atoms with van der Waals surface area (Å²) in [6, 6.07) is 6.55. The minimum absolute atomic E-state index is 0.398. The van der Waals surface area contributed by atoms with Gasteiger partial charge in [-0.25, -0.2) is 0 Å². The minimum Gasteiger partial charge on any atom is -0.497 e. The summed E-state index contributed by atoms with van der Waals surface area (Å²) < 4.78 is 15.6. The predicted octanol–water partition coefficient (Wildman–Crippen LogP) is -1.13. The van der Waals surface area contributed by atoms with Gasteiger partial charge in [-0.1, -0.05) is 0 Å². The first-order chi connectivity index (χ1) is 9.56. The van der Waals surface area contributed by atoms with Gasteiger partial charge in [0.1, 0.15) is 35.9 Å². The molecule has 1 saturated heterocycles. The number of rotatable bonds is 4. The molecular formula is C13H18O7. The zero-order valence-electron chi connectivity index (χ0n) is 10.9. The van der Waals surface area contributed by atoms with E-state index in [1.807, 2.05) is 0 Å². The van der Waals surface area contributed by atoms with Gasteiger partial charge >= 0.3 is 0 Å². The molecule has 0 saturated carbocycles. The Morgan fingerprint density at radius 2 is 1.60 bits per heavy atom. The molecule has 1 aliphatic heterocycles. The van der Waals surface area contributed by atoms with Crippen LogP contribution in [0.15, 0.2) is 24.3 Å². The first-order valence-electron chi connectivity index (χ1n) is 6.18. The highest BCUT2D eigenvalue weighted by Gasteiger charge is 2.44. The quantitative estimate of drug-likeness (QED) is 0.555. The third-order valence-electron chi connectivity index (χ3n) is 3.16. The van der Waals surface area contributed by atoms with E-state index in [0.29, 0.717) is 11.5 Å². The van der Waals surface area contributed by atoms with Crippen molar-refractivity contribution < 1.29 is 34.6 Å². The summed E-state index contributed by atoms with van der Waals surface area (Å²) in [6.45, 7) is -0.493. The van der Waals surface area contributed by atoms with E-state index in [0.717, 1.165) is 0 Å². The van der Waals surface area contributed by atoms with Gasteiger partial charge < -0.3 is 34.6 Å². The summed E-state index contributed by atoms with van der Waals surface area (Å²) in [4.78, 5) is 0. The Bertz CT molecular complexity index is 419. The van der Waals surface area contributed by atoms with Gasteiger partial charge in [-0.05, 0) is 24.3 Å². The fourth-order valence-electron chi connectivity index (χ4n) is 1.95. The molecule has 0 amide bonds. The molecule has 5 atom stereocenters. The van der Waals surface area contributed by atoms with Crippen molar-refractivity contribution in [3.63, 3.8) is 0 Å². The minimum atomic E-state index is -1.45. The van der Waals surface area contributed by atoms with Gasteiger partial charge in [0.25, 0.3) is 0 Å². The molecule has 7 heteroatoms. The van der Waals surface area contributed by atoms with Gasteiger partial charge in [0.15, 0.2) is 0 Å². The molecule has 4 N–H and O–H groups in total. The first kappa shape index (κ1) is 15.0. The maximum atomic E-state index is 9.82. The molecule has 3 unspecified atom stereocenters. The van der Waals surface area contributed by atoms with Crippen LogP contribution in [0.3, 0.4) is 0 Å². The van der Waals surface area contributed by atoms with Crippen molar-refractivity contribution in [3.8, 4) is 11.5 Å². The molecule has 0 aromatic heterocycles. The molecule has 0 radical (unpaired) electrons. The molecule has 0 aliphatic carbocycles. The van der Waals surface area contributed by atoms with Crippen LogP contribution in [0, 0.1) is 0 Å². The molecular weight excluding hydrogens is 268 g/mol. The lowest BCUT2D eigenvalue weighted by molar-refractivity contribution is -0.277. The second-order valence-electron chi connectivity index (χ2n) is 4.49. The first-order valence-corrected chi connectivity index (χ1v) is 6.18. The Balaban J connectivity index is 2.06. The molecule has 1 aromatic rings. The summed E-state index contributed by atoms with van der Waals surface area (Å²) in [7, 11) is 1.54. The van der Waals surface area contributed by atoms with Gasteiger partial charge in [0, 0.05) is 0 Å². The molecule has 2 rings (SSSR count). The van der Waals surface area contributed by atoms with Gasteiger partial charge in [0.05, 0.1) is 13.7 Å². The van der Waals surface area contributed by atoms with Crippen LogP contribution in [0.2, 0.25) is 0 Å². The van der Waals surface area contributed by atoms with Crippen LogP contribution in [0.25, 0.3) is 0 Å². The van der Waals surface area contributed by atoms with Gasteiger partial charge in [-0.15, -0.1) is 0 Å². The SMILES string of the molecule is COc1ccc(O[C@H]2OC(CO)[C@@H](O)C(O)C2O)cc1. The number of ether oxygens (including phenoxy) is 3. The van der Waals surface area contributed by atoms with Crippen LogP contribution in [0.5, 0.6) is 11.5 Å². The largest absolute Gasteiger partial charge is 0.497 e. The van der Waals surface area contributed by atoms with Gasteiger partial charge in [-0.2, -0.15) is 0 Å². The average molecular weight is 286 g/mol. The Morgan fingerprint density at radius 3 is 2.15 bits per heavy atom. The number of hydrogen-bond acceptors (Lipinski definition) is 7. The van der Waals surface area contributed by atoms with Gasteiger partial charge in [-0.3, -0.25) is 0 Å². The highest BCUT2D eigenvalue weighted by molar-refractivity contribution is 5.31. The number of benzene rings is 1. The van der Waals surface area contributed by atoms with Crippen LogP contribution >= 0.6 is 0 Å². The Kier molecular flexibility index (Phi) is 4.79. The van der Waals surface area contributed by atoms with Crippen LogP contribution in [-0.2, 0) is 4.74 Å². The van der Waals surface area contributed by atoms with Crippen molar-refractivity contribution in [2.75, 3.05) is 13.7 Å². The number of methoxy groups -OCH3 is 1. The fraction of sp³-hybridized carbons (Fsp3) is 0.538. The van der Waals surface area contributed by atoms with E-state index in [1.54, 1.807) is 24.3 Å². The summed E-state index contributed by atoms with van der Waals surface area (Å²) in [5, 5.41) is 38.2. The monoisotopic (exact) mass is 286 g/mol. The maximum Gasteiger partial charge on any atom is 0.229 e. The van der Waals surface area contributed by atoms with Crippen molar-refractivity contribution in [2.45, 2.75) is 30.7 Å². The van der Waals surface area contributed by atoms with Crippen LogP contribution < -0.4 is 9.47 Å². The van der Waals surface area contributed by atoms with E-state index in [2.05, 4.69) is 0 Å². The standard InChI is InChI=1S/C13H18O7/c1-18-7-2-4-8(5-3-7)19-13-12(17)11(16)10(15)9(6-14)20-13/h2-5,9-17H,6H2,1H3/t9?,10-,11?,12?,13+/m1/s1. The van der Waals surface area contributed by atoms with E-state index >= 15 is 0 Å². The second kappa shape index (κ2) is 6.38. The lowest BCUT2D eigenvalue weighted by Crippen LogP contribution is -2.60. The maximum absolute atomic E-state index is 9.82. The number of aliphatic hydroxyl groups excluding tert-OH is 4. The third kappa shape index (κ3) is 3.02. The average Bonchev–Trinajstić information content (AvgIpc) is 2.48. The molecule has 1 heterocycles. The van der Waals surface area contributed by atoms with E-state index in [1.165, 1.54) is 7.11 Å². The molecule has 1 fully saturated rings. The van der Waals surface area contributed by atoms with Crippen molar-refractivity contribution in [3.05, 3.63) is 24.3 Å². The number of hydrogen-bond donors (Lipinski definition) is 4. The zero-order valence-corrected chi connectivity index (χ0v) is 10.9. The van der Waals surface area contributed by atoms with Crippen LogP contribution in [0.1, 0.15) is 0 Å². The summed E-state index contributed by atoms with van der Waals surface area (Å²) >= 11 is 0. The van der Waals surface area contributed by atoms with Crippen molar-refractivity contribution in [1.29, 1.82) is 0 Å². The van der Waals surface area contributed by atoms with E-state index in [9.17, 15) is 15.3 Å². The second-order valence-corrected chi connectivity index (χ2v) is 4.49. The smallest absolute Gasteiger partial charge is 0.229 e. The van der Waals surface area contributed by atoms with E-state index in [4.69, 9.17) is 19.3 Å². The molecule has 7 nitrogen and oxygen atoms in total. The normalized spacial score (nSPS) is 33.8. The topological polar surface area (TPSA) is 109 Å². The highest BCUT2D eigenvalue weighted by atomic mass is 16.7. The van der Waals surface area contributed by atoms with Crippen LogP contribution in [-0.4, -0.2) is 64.8 Å². The Morgan fingerprint density at radius 1 is 1.00 bits per heavy atom. The van der Waals surface area contributed by atoms with Crippen molar-refractivity contribution in [2.24, 2.45) is 0 Å². The molecule has 20 heavy (non-hydrogen) atoms. The highest BCUT2D eigenvalue weighted by Crippen LogP contribution is 2.25. The lowest BCUT2D eigenvalue weighted by Gasteiger charge is -2.39. The Hall–Kier alpha value is -1.38. The van der Waals surface area contributed by atoms with E-state index < -0.39 is 37.3 Å². The predicted molar refractivity (Wildman–Crippen MR) is 67.4 cm³/mol. The lowest BCUT2D eigenvalue weighted by atomic mass is 9.99. The summed E-state index contributed by atoms with van der Waals surface area (Å²) in [5.74, 6) is 1.04. The van der Waals surface area contributed by atoms with Crippen LogP contribution in [0.4, 0.5) is 0 Å². The van der Waals surface area contributed by atoms with Crippen molar-refractivity contribution >= 4 is 0 Å². The van der Waals surface area contributed by atoms with Crippen molar-refractivity contribution in [1.82, 2.24) is 0 Å². The zero-order chi connectivity index (χ0) is 14.7. The Labute approximate surface area is 115 Å². The fourth-order valence-corrected chi connectivity index (χ4v) is 1.95.